The van der Waals surface area contributed by atoms with Gasteiger partial charge >= 0.3 is 0 Å². The third kappa shape index (κ3) is 3.99. The minimum atomic E-state index is -0.195. The number of halogens is 1. The maximum Gasteiger partial charge on any atom is 0.162 e. The van der Waals surface area contributed by atoms with Crippen molar-refractivity contribution in [2.75, 3.05) is 13.7 Å². The standard InChI is InChI=1S/C17H20BrNO2/c1-3-12-4-9-15(16(10-12)20-2)21-17(11-19)13-5-7-14(18)8-6-13/h4-10,17H,3,11,19H2,1-2H3. The Labute approximate surface area is 134 Å². The molecule has 2 rings (SSSR count). The van der Waals surface area contributed by atoms with E-state index in [1.807, 2.05) is 42.5 Å². The molecule has 2 N–H and O–H groups in total. The molecule has 21 heavy (non-hydrogen) atoms. The molecule has 0 fully saturated rings. The third-order valence-corrected chi connectivity index (χ3v) is 3.89. The van der Waals surface area contributed by atoms with Crippen LogP contribution < -0.4 is 15.2 Å². The largest absolute Gasteiger partial charge is 0.493 e. The molecule has 1 atom stereocenters. The van der Waals surface area contributed by atoms with Crippen LogP contribution in [0.1, 0.15) is 24.2 Å². The van der Waals surface area contributed by atoms with Gasteiger partial charge in [-0.15, -0.1) is 0 Å². The Kier molecular flexibility index (Phi) is 5.65. The van der Waals surface area contributed by atoms with Crippen LogP contribution in [0.5, 0.6) is 11.5 Å². The van der Waals surface area contributed by atoms with E-state index in [1.54, 1.807) is 7.11 Å². The van der Waals surface area contributed by atoms with Crippen LogP contribution in [0.15, 0.2) is 46.9 Å². The number of hydrogen-bond donors (Lipinski definition) is 1. The molecule has 0 aliphatic rings. The third-order valence-electron chi connectivity index (χ3n) is 3.36. The average molecular weight is 350 g/mol. The van der Waals surface area contributed by atoms with Gasteiger partial charge in [-0.1, -0.05) is 41.1 Å². The quantitative estimate of drug-likeness (QED) is 0.853. The zero-order chi connectivity index (χ0) is 15.2. The van der Waals surface area contributed by atoms with Crippen LogP contribution in [0, 0.1) is 0 Å². The topological polar surface area (TPSA) is 44.5 Å². The van der Waals surface area contributed by atoms with Gasteiger partial charge in [-0.3, -0.25) is 0 Å². The number of benzene rings is 2. The molecular formula is C17H20BrNO2. The second kappa shape index (κ2) is 7.48. The van der Waals surface area contributed by atoms with Crippen LogP contribution in [0.25, 0.3) is 0 Å². The lowest BCUT2D eigenvalue weighted by molar-refractivity contribution is 0.204. The Morgan fingerprint density at radius 1 is 1.10 bits per heavy atom. The van der Waals surface area contributed by atoms with Gasteiger partial charge in [0.1, 0.15) is 6.10 Å². The molecule has 0 radical (unpaired) electrons. The molecule has 4 heteroatoms. The first-order valence-electron chi connectivity index (χ1n) is 6.97. The fourth-order valence-electron chi connectivity index (χ4n) is 2.11. The molecule has 0 saturated heterocycles. The van der Waals surface area contributed by atoms with Crippen LogP contribution >= 0.6 is 15.9 Å². The highest BCUT2D eigenvalue weighted by molar-refractivity contribution is 9.10. The van der Waals surface area contributed by atoms with Crippen LogP contribution in [-0.4, -0.2) is 13.7 Å². The minimum absolute atomic E-state index is 0.195. The zero-order valence-corrected chi connectivity index (χ0v) is 13.9. The van der Waals surface area contributed by atoms with Crippen molar-refractivity contribution in [3.8, 4) is 11.5 Å². The average Bonchev–Trinajstić information content (AvgIpc) is 2.53. The molecule has 112 valence electrons. The molecule has 2 aromatic rings. The highest BCUT2D eigenvalue weighted by Gasteiger charge is 2.14. The Morgan fingerprint density at radius 3 is 2.38 bits per heavy atom. The number of ether oxygens (including phenoxy) is 2. The van der Waals surface area contributed by atoms with Crippen molar-refractivity contribution in [2.45, 2.75) is 19.4 Å². The van der Waals surface area contributed by atoms with E-state index in [-0.39, 0.29) is 6.10 Å². The van der Waals surface area contributed by atoms with E-state index >= 15 is 0 Å². The molecule has 3 nitrogen and oxygen atoms in total. The van der Waals surface area contributed by atoms with Gasteiger partial charge in [0.25, 0.3) is 0 Å². The summed E-state index contributed by atoms with van der Waals surface area (Å²) < 4.78 is 12.5. The zero-order valence-electron chi connectivity index (χ0n) is 12.3. The van der Waals surface area contributed by atoms with Crippen LogP contribution in [0.3, 0.4) is 0 Å². The molecule has 0 bridgehead atoms. The predicted molar refractivity (Wildman–Crippen MR) is 88.9 cm³/mol. The number of nitrogens with two attached hydrogens (primary N) is 1. The molecular weight excluding hydrogens is 330 g/mol. The molecule has 0 saturated carbocycles. The first-order valence-corrected chi connectivity index (χ1v) is 7.76. The summed E-state index contributed by atoms with van der Waals surface area (Å²) >= 11 is 3.43. The van der Waals surface area contributed by atoms with Crippen LogP contribution in [0.4, 0.5) is 0 Å². The molecule has 0 heterocycles. The summed E-state index contributed by atoms with van der Waals surface area (Å²) in [7, 11) is 1.65. The molecule has 0 spiro atoms. The van der Waals surface area contributed by atoms with Gasteiger partial charge in [0.2, 0.25) is 0 Å². The smallest absolute Gasteiger partial charge is 0.162 e. The van der Waals surface area contributed by atoms with Gasteiger partial charge in [0.15, 0.2) is 11.5 Å². The van der Waals surface area contributed by atoms with Crippen molar-refractivity contribution in [1.29, 1.82) is 0 Å². The fraction of sp³-hybridized carbons (Fsp3) is 0.294. The van der Waals surface area contributed by atoms with E-state index in [9.17, 15) is 0 Å². The second-order valence-corrected chi connectivity index (χ2v) is 5.65. The lowest BCUT2D eigenvalue weighted by Crippen LogP contribution is -2.18. The van der Waals surface area contributed by atoms with Crippen molar-refractivity contribution in [2.24, 2.45) is 5.73 Å². The minimum Gasteiger partial charge on any atom is -0.493 e. The summed E-state index contributed by atoms with van der Waals surface area (Å²) in [6.45, 7) is 2.51. The molecule has 0 aliphatic heterocycles. The normalized spacial score (nSPS) is 12.0. The van der Waals surface area contributed by atoms with E-state index in [0.29, 0.717) is 12.3 Å². The van der Waals surface area contributed by atoms with Crippen molar-refractivity contribution in [1.82, 2.24) is 0 Å². The SMILES string of the molecule is CCc1ccc(OC(CN)c2ccc(Br)cc2)c(OC)c1. The Bertz CT molecular complexity index is 584. The summed E-state index contributed by atoms with van der Waals surface area (Å²) in [5, 5.41) is 0. The van der Waals surface area contributed by atoms with Crippen LogP contribution in [-0.2, 0) is 6.42 Å². The molecule has 0 aliphatic carbocycles. The van der Waals surface area contributed by atoms with E-state index in [2.05, 4.69) is 22.9 Å². The molecule has 1 unspecified atom stereocenters. The maximum atomic E-state index is 6.05. The van der Waals surface area contributed by atoms with E-state index in [1.165, 1.54) is 5.56 Å². The number of hydrogen-bond acceptors (Lipinski definition) is 3. The van der Waals surface area contributed by atoms with Gasteiger partial charge in [0, 0.05) is 11.0 Å². The second-order valence-electron chi connectivity index (χ2n) is 4.73. The first-order chi connectivity index (χ1) is 10.2. The maximum absolute atomic E-state index is 6.05. The van der Waals surface area contributed by atoms with Crippen molar-refractivity contribution in [3.63, 3.8) is 0 Å². The Balaban J connectivity index is 2.24. The fourth-order valence-corrected chi connectivity index (χ4v) is 2.38. The summed E-state index contributed by atoms with van der Waals surface area (Å²) in [6.07, 6.45) is 0.767. The number of aryl methyl sites for hydroxylation is 1. The molecule has 2 aromatic carbocycles. The summed E-state index contributed by atoms with van der Waals surface area (Å²) in [4.78, 5) is 0. The van der Waals surface area contributed by atoms with Gasteiger partial charge in [0.05, 0.1) is 7.11 Å². The highest BCUT2D eigenvalue weighted by Crippen LogP contribution is 2.32. The van der Waals surface area contributed by atoms with Gasteiger partial charge in [-0.2, -0.15) is 0 Å². The Hall–Kier alpha value is -1.52. The van der Waals surface area contributed by atoms with Crippen molar-refractivity contribution in [3.05, 3.63) is 58.1 Å². The van der Waals surface area contributed by atoms with Gasteiger partial charge in [-0.05, 0) is 41.8 Å². The lowest BCUT2D eigenvalue weighted by atomic mass is 10.1. The van der Waals surface area contributed by atoms with E-state index in [4.69, 9.17) is 15.2 Å². The van der Waals surface area contributed by atoms with Crippen LogP contribution in [0.2, 0.25) is 0 Å². The highest BCUT2D eigenvalue weighted by atomic mass is 79.9. The van der Waals surface area contributed by atoms with Crippen molar-refractivity contribution < 1.29 is 9.47 Å². The van der Waals surface area contributed by atoms with Crippen molar-refractivity contribution >= 4 is 15.9 Å². The Morgan fingerprint density at radius 2 is 1.81 bits per heavy atom. The van der Waals surface area contributed by atoms with E-state index in [0.717, 1.165) is 22.2 Å². The van der Waals surface area contributed by atoms with Gasteiger partial charge in [-0.25, -0.2) is 0 Å². The molecule has 0 aromatic heterocycles. The lowest BCUT2D eigenvalue weighted by Gasteiger charge is -2.20. The summed E-state index contributed by atoms with van der Waals surface area (Å²) in [5.74, 6) is 1.46. The predicted octanol–water partition coefficient (Wildman–Crippen LogP) is 4.10. The summed E-state index contributed by atoms with van der Waals surface area (Å²) in [6, 6.07) is 14.0. The number of methoxy groups -OCH3 is 1. The van der Waals surface area contributed by atoms with E-state index < -0.39 is 0 Å². The molecule has 0 amide bonds. The number of rotatable bonds is 6. The van der Waals surface area contributed by atoms with Gasteiger partial charge < -0.3 is 15.2 Å². The first kappa shape index (κ1) is 15.9. The summed E-state index contributed by atoms with van der Waals surface area (Å²) in [5.41, 5.74) is 8.12. The monoisotopic (exact) mass is 349 g/mol.